The van der Waals surface area contributed by atoms with Crippen LogP contribution in [-0.2, 0) is 0 Å². The maximum atomic E-state index is 12.8. The first kappa shape index (κ1) is 12.1. The zero-order chi connectivity index (χ0) is 9.52. The van der Waals surface area contributed by atoms with Gasteiger partial charge in [0.2, 0.25) is 7.58 Å². The molecule has 0 N–H and O–H groups in total. The Bertz CT molecular complexity index is 230. The molecule has 0 bridgehead atoms. The molecule has 0 aromatic rings. The van der Waals surface area contributed by atoms with Crippen molar-refractivity contribution in [3.8, 4) is 0 Å². The van der Waals surface area contributed by atoms with Crippen molar-refractivity contribution < 1.29 is 8.39 Å². The van der Waals surface area contributed by atoms with E-state index in [9.17, 15) is 8.39 Å². The van der Waals surface area contributed by atoms with Gasteiger partial charge in [-0.1, -0.05) is 15.2 Å². The van der Waals surface area contributed by atoms with E-state index in [-0.39, 0.29) is 3.96 Å². The molecular formula is Cl4F2N3P3. The standard InChI is InChI=1S/Cl4F2N3P3/c1-8-10(3)7-12(5,6)9(2)11(8)4. The molecule has 2 atom stereocenters. The number of hydrogen-bond acceptors (Lipinski definition) is 3. The van der Waals surface area contributed by atoms with E-state index in [4.69, 9.17) is 46.0 Å². The first-order valence-corrected chi connectivity index (χ1v) is 8.67. The van der Waals surface area contributed by atoms with Crippen molar-refractivity contribution in [2.45, 2.75) is 0 Å². The van der Waals surface area contributed by atoms with Gasteiger partial charge in [-0.2, -0.15) is 12.9 Å². The van der Waals surface area contributed by atoms with E-state index in [1.54, 1.807) is 0 Å². The Morgan fingerprint density at radius 1 is 1.25 bits per heavy atom. The van der Waals surface area contributed by atoms with Crippen LogP contribution in [0.2, 0.25) is 0 Å². The summed E-state index contributed by atoms with van der Waals surface area (Å²) in [5.74, 6) is 0. The molecule has 1 heterocycles. The van der Waals surface area contributed by atoms with Gasteiger partial charge >= 0.3 is 7.83 Å². The van der Waals surface area contributed by atoms with E-state index >= 15 is 0 Å². The highest BCUT2D eigenvalue weighted by molar-refractivity contribution is 8.01. The van der Waals surface area contributed by atoms with Crippen molar-refractivity contribution in [1.82, 2.24) is 7.92 Å². The lowest BCUT2D eigenvalue weighted by Gasteiger charge is -2.31. The van der Waals surface area contributed by atoms with Gasteiger partial charge in [0.15, 0.2) is 7.58 Å². The largest absolute Gasteiger partial charge is 0.392 e. The fourth-order valence-electron chi connectivity index (χ4n) is 0.365. The van der Waals surface area contributed by atoms with Gasteiger partial charge in [-0.05, 0) is 34.8 Å². The Balaban J connectivity index is 3.01. The summed E-state index contributed by atoms with van der Waals surface area (Å²) in [5, 5.41) is 0. The molecule has 0 radical (unpaired) electrons. The van der Waals surface area contributed by atoms with Crippen LogP contribution in [0.25, 0.3) is 0 Å². The molecule has 1 rings (SSSR count). The van der Waals surface area contributed by atoms with Gasteiger partial charge in [0.1, 0.15) is 0 Å². The minimum absolute atomic E-state index is 0.165. The third kappa shape index (κ3) is 2.34. The molecule has 0 spiro atoms. The number of rotatable bonds is 0. The van der Waals surface area contributed by atoms with E-state index in [1.807, 2.05) is 0 Å². The topological polar surface area (TPSA) is 18.8 Å². The van der Waals surface area contributed by atoms with Crippen LogP contribution in [0.3, 0.4) is 0 Å². The minimum atomic E-state index is -4.69. The van der Waals surface area contributed by atoms with Gasteiger partial charge in [0.25, 0.3) is 0 Å². The van der Waals surface area contributed by atoms with Gasteiger partial charge in [-0.25, -0.2) is 0 Å². The second-order valence-electron chi connectivity index (χ2n) is 1.51. The molecule has 0 amide bonds. The van der Waals surface area contributed by atoms with Crippen LogP contribution in [0, 0.1) is 0 Å². The average Bonchev–Trinajstić information content (AvgIpc) is 1.97. The Labute approximate surface area is 89.8 Å². The van der Waals surface area contributed by atoms with Crippen LogP contribution in [0.1, 0.15) is 0 Å². The zero-order valence-corrected chi connectivity index (χ0v) is 10.7. The monoisotopic (exact) mass is 313 g/mol. The molecular weight excluding hydrogens is 315 g/mol. The highest BCUT2D eigenvalue weighted by Crippen LogP contribution is 2.83. The van der Waals surface area contributed by atoms with Gasteiger partial charge < -0.3 is 0 Å². The average molecular weight is 315 g/mol. The predicted molar refractivity (Wildman–Crippen MR) is 52.5 cm³/mol. The Morgan fingerprint density at radius 2 is 1.75 bits per heavy atom. The van der Waals surface area contributed by atoms with Crippen LogP contribution in [0.5, 0.6) is 0 Å². The van der Waals surface area contributed by atoms with E-state index in [2.05, 4.69) is 4.52 Å². The van der Waals surface area contributed by atoms with Crippen molar-refractivity contribution in [3.05, 3.63) is 0 Å². The molecule has 0 saturated carbocycles. The Hall–Kier alpha value is 2.03. The lowest BCUT2D eigenvalue weighted by atomic mass is 13.8. The molecule has 12 heteroatoms. The fourth-order valence-corrected chi connectivity index (χ4v) is 8.50. The molecule has 3 nitrogen and oxygen atoms in total. The zero-order valence-electron chi connectivity index (χ0n) is 4.95. The third-order valence-electron chi connectivity index (χ3n) is 0.789. The van der Waals surface area contributed by atoms with Crippen molar-refractivity contribution in [2.24, 2.45) is 4.52 Å². The van der Waals surface area contributed by atoms with Crippen LogP contribution in [0.4, 0.5) is 8.39 Å². The second kappa shape index (κ2) is 4.26. The number of halogens is 6. The summed E-state index contributed by atoms with van der Waals surface area (Å²) in [5.41, 5.74) is 0. The first-order chi connectivity index (χ1) is 5.36. The summed E-state index contributed by atoms with van der Waals surface area (Å²) in [6, 6.07) is 0. The number of hydrogen-bond donors (Lipinski definition) is 0. The maximum absolute atomic E-state index is 12.8. The molecule has 2 unspecified atom stereocenters. The molecule has 0 aliphatic carbocycles. The van der Waals surface area contributed by atoms with Crippen LogP contribution < -0.4 is 0 Å². The SMILES string of the molecule is FP1(F)=NP(Cl)N(Cl)P(Cl)N1Cl. The van der Waals surface area contributed by atoms with E-state index in [0.717, 1.165) is 3.96 Å². The lowest BCUT2D eigenvalue weighted by molar-refractivity contribution is 0.673. The van der Waals surface area contributed by atoms with Gasteiger partial charge in [0, 0.05) is 0 Å². The van der Waals surface area contributed by atoms with Crippen molar-refractivity contribution in [2.75, 3.05) is 0 Å². The summed E-state index contributed by atoms with van der Waals surface area (Å²) >= 11 is 21.5. The Kier molecular flexibility index (Phi) is 4.30. The molecule has 0 aromatic heterocycles. The highest BCUT2D eigenvalue weighted by Gasteiger charge is 2.44. The summed E-state index contributed by atoms with van der Waals surface area (Å²) < 4.78 is 29.5. The molecule has 0 fully saturated rings. The van der Waals surface area contributed by atoms with Crippen molar-refractivity contribution >= 4 is 69.0 Å². The summed E-state index contributed by atoms with van der Waals surface area (Å²) in [6.45, 7) is 0. The highest BCUT2D eigenvalue weighted by atomic mass is 35.7. The lowest BCUT2D eigenvalue weighted by Crippen LogP contribution is -2.06. The van der Waals surface area contributed by atoms with Crippen LogP contribution in [0.15, 0.2) is 4.52 Å². The fraction of sp³-hybridized carbons (Fsp3) is 0. The molecule has 72 valence electrons. The van der Waals surface area contributed by atoms with E-state index in [1.165, 1.54) is 0 Å². The van der Waals surface area contributed by atoms with Crippen molar-refractivity contribution in [3.63, 3.8) is 0 Å². The van der Waals surface area contributed by atoms with E-state index < -0.39 is 23.0 Å². The van der Waals surface area contributed by atoms with E-state index in [0.29, 0.717) is 0 Å². The third-order valence-corrected chi connectivity index (χ3v) is 11.1. The van der Waals surface area contributed by atoms with Crippen molar-refractivity contribution in [1.29, 1.82) is 0 Å². The predicted octanol–water partition coefficient (Wildman–Crippen LogP) is 5.73. The molecule has 1 aliphatic rings. The molecule has 12 heavy (non-hydrogen) atoms. The summed E-state index contributed by atoms with van der Waals surface area (Å²) in [7, 11) is -8.60. The normalized spacial score (nSPS) is 37.8. The number of nitrogens with zero attached hydrogens (tertiary/aromatic N) is 3. The van der Waals surface area contributed by atoms with Gasteiger partial charge in [-0.15, -0.1) is 3.96 Å². The van der Waals surface area contributed by atoms with Gasteiger partial charge in [-0.3, -0.25) is 0 Å². The second-order valence-corrected chi connectivity index (χ2v) is 9.76. The quantitative estimate of drug-likeness (QED) is 0.420. The summed E-state index contributed by atoms with van der Waals surface area (Å²) in [4.78, 5) is 0. The smallest absolute Gasteiger partial charge is 0.173 e. The van der Waals surface area contributed by atoms with Crippen LogP contribution in [-0.4, -0.2) is 7.92 Å². The maximum Gasteiger partial charge on any atom is 0.392 e. The first-order valence-electron chi connectivity index (χ1n) is 2.21. The minimum Gasteiger partial charge on any atom is -0.173 e. The molecule has 1 aliphatic heterocycles. The summed E-state index contributed by atoms with van der Waals surface area (Å²) in [6.07, 6.45) is 0. The van der Waals surface area contributed by atoms with Gasteiger partial charge in [0.05, 0.1) is 0 Å². The van der Waals surface area contributed by atoms with Crippen LogP contribution >= 0.6 is 69.0 Å². The Morgan fingerprint density at radius 3 is 2.25 bits per heavy atom. The molecule has 0 saturated heterocycles. The molecule has 0 aromatic carbocycles.